The molecule has 0 amide bonds. The zero-order chi connectivity index (χ0) is 9.97. The molecule has 1 aromatic carbocycles. The Morgan fingerprint density at radius 3 is 2.80 bits per heavy atom. The molecule has 3 heteroatoms. The van der Waals surface area contributed by atoms with Gasteiger partial charge >= 0.3 is 0 Å². The maximum absolute atomic E-state index is 9.93. The summed E-state index contributed by atoms with van der Waals surface area (Å²) in [5.41, 5.74) is 2.64. The predicted octanol–water partition coefficient (Wildman–Crippen LogP) is 2.07. The molecule has 0 spiro atoms. The van der Waals surface area contributed by atoms with Crippen molar-refractivity contribution in [3.8, 4) is 0 Å². The molecular formula is C12H18ClNO. The third kappa shape index (κ3) is 2.51. The first-order valence-corrected chi connectivity index (χ1v) is 5.26. The SMILES string of the molecule is CNC1c2ccccc2CCCC1O.Cl. The Kier molecular flexibility index (Phi) is 4.58. The molecule has 1 aliphatic carbocycles. The van der Waals surface area contributed by atoms with Crippen molar-refractivity contribution in [2.24, 2.45) is 0 Å². The smallest absolute Gasteiger partial charge is 0.0735 e. The van der Waals surface area contributed by atoms with Crippen LogP contribution >= 0.6 is 12.4 Å². The Morgan fingerprint density at radius 2 is 2.07 bits per heavy atom. The van der Waals surface area contributed by atoms with Gasteiger partial charge in [0.25, 0.3) is 0 Å². The number of rotatable bonds is 1. The number of benzene rings is 1. The van der Waals surface area contributed by atoms with Crippen molar-refractivity contribution in [3.05, 3.63) is 35.4 Å². The van der Waals surface area contributed by atoms with Crippen molar-refractivity contribution in [1.29, 1.82) is 0 Å². The quantitative estimate of drug-likeness (QED) is 0.720. The first-order chi connectivity index (χ1) is 6.83. The van der Waals surface area contributed by atoms with Gasteiger partial charge in [0.15, 0.2) is 0 Å². The molecule has 1 aromatic rings. The van der Waals surface area contributed by atoms with Gasteiger partial charge in [0.2, 0.25) is 0 Å². The summed E-state index contributed by atoms with van der Waals surface area (Å²) in [4.78, 5) is 0. The lowest BCUT2D eigenvalue weighted by molar-refractivity contribution is 0.123. The van der Waals surface area contributed by atoms with Crippen LogP contribution in [0.2, 0.25) is 0 Å². The van der Waals surface area contributed by atoms with Gasteiger partial charge in [0.05, 0.1) is 12.1 Å². The number of likely N-dealkylation sites (N-methyl/N-ethyl adjacent to an activating group) is 1. The van der Waals surface area contributed by atoms with Gasteiger partial charge in [-0.3, -0.25) is 0 Å². The van der Waals surface area contributed by atoms with E-state index in [9.17, 15) is 5.11 Å². The molecular weight excluding hydrogens is 210 g/mol. The molecule has 2 rings (SSSR count). The van der Waals surface area contributed by atoms with Crippen LogP contribution in [0, 0.1) is 0 Å². The fourth-order valence-electron chi connectivity index (χ4n) is 2.29. The lowest BCUT2D eigenvalue weighted by Crippen LogP contribution is -2.28. The maximum Gasteiger partial charge on any atom is 0.0735 e. The second-order valence-corrected chi connectivity index (χ2v) is 3.92. The molecule has 0 saturated carbocycles. The molecule has 84 valence electrons. The Balaban J connectivity index is 0.00000112. The second-order valence-electron chi connectivity index (χ2n) is 3.92. The standard InChI is InChI=1S/C12H17NO.ClH/c1-13-12-10-7-3-2-5-9(10)6-4-8-11(12)14;/h2-3,5,7,11-14H,4,6,8H2,1H3;1H. The zero-order valence-electron chi connectivity index (χ0n) is 8.94. The Bertz CT molecular complexity index is 316. The maximum atomic E-state index is 9.93. The molecule has 0 heterocycles. The summed E-state index contributed by atoms with van der Waals surface area (Å²) in [6.07, 6.45) is 2.81. The number of nitrogens with one attached hydrogen (secondary N) is 1. The molecule has 2 N–H and O–H groups in total. The zero-order valence-corrected chi connectivity index (χ0v) is 9.76. The van der Waals surface area contributed by atoms with E-state index in [1.54, 1.807) is 0 Å². The summed E-state index contributed by atoms with van der Waals surface area (Å²) in [5.74, 6) is 0. The van der Waals surface area contributed by atoms with E-state index in [0.717, 1.165) is 19.3 Å². The van der Waals surface area contributed by atoms with E-state index >= 15 is 0 Å². The molecule has 0 saturated heterocycles. The highest BCUT2D eigenvalue weighted by molar-refractivity contribution is 5.85. The highest BCUT2D eigenvalue weighted by Gasteiger charge is 2.24. The van der Waals surface area contributed by atoms with Gasteiger partial charge < -0.3 is 10.4 Å². The van der Waals surface area contributed by atoms with Crippen LogP contribution < -0.4 is 5.32 Å². The minimum absolute atomic E-state index is 0. The van der Waals surface area contributed by atoms with Gasteiger partial charge in [0.1, 0.15) is 0 Å². The Labute approximate surface area is 97.1 Å². The van der Waals surface area contributed by atoms with Crippen molar-refractivity contribution >= 4 is 12.4 Å². The fraction of sp³-hybridized carbons (Fsp3) is 0.500. The van der Waals surface area contributed by atoms with Crippen molar-refractivity contribution in [2.75, 3.05) is 7.05 Å². The second kappa shape index (κ2) is 5.50. The lowest BCUT2D eigenvalue weighted by Gasteiger charge is -2.21. The molecule has 0 bridgehead atoms. The number of aliphatic hydroxyl groups excluding tert-OH is 1. The summed E-state index contributed by atoms with van der Waals surface area (Å²) in [6, 6.07) is 8.50. The van der Waals surface area contributed by atoms with Crippen LogP contribution in [0.4, 0.5) is 0 Å². The monoisotopic (exact) mass is 227 g/mol. The molecule has 15 heavy (non-hydrogen) atoms. The van der Waals surface area contributed by atoms with Crippen molar-refractivity contribution in [2.45, 2.75) is 31.4 Å². The van der Waals surface area contributed by atoms with Gasteiger partial charge in [-0.1, -0.05) is 24.3 Å². The summed E-state index contributed by atoms with van der Waals surface area (Å²) in [7, 11) is 1.91. The van der Waals surface area contributed by atoms with Crippen molar-refractivity contribution in [1.82, 2.24) is 5.32 Å². The Morgan fingerprint density at radius 1 is 1.33 bits per heavy atom. The van der Waals surface area contributed by atoms with Crippen LogP contribution in [-0.2, 0) is 6.42 Å². The topological polar surface area (TPSA) is 32.3 Å². The summed E-state index contributed by atoms with van der Waals surface area (Å²) < 4.78 is 0. The van der Waals surface area contributed by atoms with Crippen molar-refractivity contribution < 1.29 is 5.11 Å². The molecule has 0 aromatic heterocycles. The van der Waals surface area contributed by atoms with E-state index in [1.807, 2.05) is 13.1 Å². The summed E-state index contributed by atoms with van der Waals surface area (Å²) in [5, 5.41) is 13.1. The molecule has 0 fully saturated rings. The van der Waals surface area contributed by atoms with Crippen LogP contribution in [0.25, 0.3) is 0 Å². The van der Waals surface area contributed by atoms with Crippen molar-refractivity contribution in [3.63, 3.8) is 0 Å². The van der Waals surface area contributed by atoms with E-state index in [2.05, 4.69) is 23.5 Å². The third-order valence-electron chi connectivity index (χ3n) is 3.03. The van der Waals surface area contributed by atoms with E-state index in [4.69, 9.17) is 0 Å². The molecule has 2 nitrogen and oxygen atoms in total. The fourth-order valence-corrected chi connectivity index (χ4v) is 2.29. The highest BCUT2D eigenvalue weighted by Crippen LogP contribution is 2.28. The van der Waals surface area contributed by atoms with Gasteiger partial charge in [-0.25, -0.2) is 0 Å². The van der Waals surface area contributed by atoms with E-state index < -0.39 is 0 Å². The van der Waals surface area contributed by atoms with Crippen LogP contribution in [0.1, 0.15) is 30.0 Å². The first kappa shape index (κ1) is 12.5. The molecule has 2 atom stereocenters. The van der Waals surface area contributed by atoms with Crippen LogP contribution in [0.3, 0.4) is 0 Å². The summed E-state index contributed by atoms with van der Waals surface area (Å²) >= 11 is 0. The van der Waals surface area contributed by atoms with E-state index in [1.165, 1.54) is 11.1 Å². The van der Waals surface area contributed by atoms with Gasteiger partial charge in [-0.05, 0) is 37.4 Å². The van der Waals surface area contributed by atoms with Crippen LogP contribution in [-0.4, -0.2) is 18.3 Å². The van der Waals surface area contributed by atoms with Crippen LogP contribution in [0.15, 0.2) is 24.3 Å². The highest BCUT2D eigenvalue weighted by atomic mass is 35.5. The largest absolute Gasteiger partial charge is 0.391 e. The number of fused-ring (bicyclic) bond motifs is 1. The first-order valence-electron chi connectivity index (χ1n) is 5.26. The molecule has 1 aliphatic rings. The molecule has 0 aliphatic heterocycles. The van der Waals surface area contributed by atoms with Gasteiger partial charge in [-0.2, -0.15) is 0 Å². The number of hydrogen-bond acceptors (Lipinski definition) is 2. The number of aliphatic hydroxyl groups is 1. The number of aryl methyl sites for hydroxylation is 1. The van der Waals surface area contributed by atoms with E-state index in [-0.39, 0.29) is 24.6 Å². The van der Waals surface area contributed by atoms with Gasteiger partial charge in [0, 0.05) is 0 Å². The molecule has 0 radical (unpaired) electrons. The minimum atomic E-state index is -0.247. The predicted molar refractivity (Wildman–Crippen MR) is 64.4 cm³/mol. The number of halogens is 1. The van der Waals surface area contributed by atoms with Gasteiger partial charge in [-0.15, -0.1) is 12.4 Å². The van der Waals surface area contributed by atoms with E-state index in [0.29, 0.717) is 0 Å². The average molecular weight is 228 g/mol. The summed E-state index contributed by atoms with van der Waals surface area (Å²) in [6.45, 7) is 0. The minimum Gasteiger partial charge on any atom is -0.391 e. The Hall–Kier alpha value is -0.570. The average Bonchev–Trinajstić information content (AvgIpc) is 2.36. The third-order valence-corrected chi connectivity index (χ3v) is 3.03. The van der Waals surface area contributed by atoms with Crippen LogP contribution in [0.5, 0.6) is 0 Å². The lowest BCUT2D eigenvalue weighted by atomic mass is 9.98. The number of hydrogen-bond donors (Lipinski definition) is 2. The molecule has 2 unspecified atom stereocenters. The normalized spacial score (nSPS) is 24.9.